The number of nitrogens with one attached hydrogen (secondary N) is 1. The summed E-state index contributed by atoms with van der Waals surface area (Å²) in [5.74, 6) is 5.88. The molecule has 0 saturated heterocycles. The Balaban J connectivity index is 1.70. The van der Waals surface area contributed by atoms with Gasteiger partial charge in [-0.15, -0.1) is 0 Å². The Morgan fingerprint density at radius 3 is 2.68 bits per heavy atom. The van der Waals surface area contributed by atoms with E-state index in [9.17, 15) is 9.59 Å². The van der Waals surface area contributed by atoms with Crippen LogP contribution in [-0.4, -0.2) is 31.6 Å². The summed E-state index contributed by atoms with van der Waals surface area (Å²) in [5, 5.41) is 4.79. The Hall–Kier alpha value is -3.00. The van der Waals surface area contributed by atoms with Gasteiger partial charge in [0, 0.05) is 11.8 Å². The van der Waals surface area contributed by atoms with Crippen LogP contribution in [0, 0.1) is 11.8 Å². The normalized spacial score (nSPS) is 9.80. The van der Waals surface area contributed by atoms with Crippen molar-refractivity contribution < 1.29 is 19.1 Å². The van der Waals surface area contributed by atoms with Crippen LogP contribution in [0.4, 0.5) is 0 Å². The lowest BCUT2D eigenvalue weighted by Gasteiger charge is -2.06. The van der Waals surface area contributed by atoms with Crippen molar-refractivity contribution in [3.8, 4) is 17.6 Å². The van der Waals surface area contributed by atoms with E-state index in [0.29, 0.717) is 6.61 Å². The molecule has 1 amide bonds. The molecule has 5 heteroatoms. The summed E-state index contributed by atoms with van der Waals surface area (Å²) >= 11 is 0. The van der Waals surface area contributed by atoms with Gasteiger partial charge >= 0.3 is 5.97 Å². The predicted molar refractivity (Wildman–Crippen MR) is 96.1 cm³/mol. The largest absolute Gasteiger partial charge is 0.480 e. The van der Waals surface area contributed by atoms with Gasteiger partial charge in [0.1, 0.15) is 12.4 Å². The fraction of sp³-hybridized carbons (Fsp3) is 0.300. The minimum Gasteiger partial charge on any atom is -0.480 e. The molecule has 0 fully saturated rings. The van der Waals surface area contributed by atoms with Crippen LogP contribution in [0.1, 0.15) is 19.8 Å². The molecule has 0 unspecified atom stereocenters. The van der Waals surface area contributed by atoms with Gasteiger partial charge in [0.2, 0.25) is 5.91 Å². The molecule has 5 nitrogen and oxygen atoms in total. The van der Waals surface area contributed by atoms with Crippen molar-refractivity contribution >= 4 is 22.6 Å². The van der Waals surface area contributed by atoms with Gasteiger partial charge in [-0.3, -0.25) is 9.59 Å². The van der Waals surface area contributed by atoms with E-state index in [1.807, 2.05) is 42.5 Å². The van der Waals surface area contributed by atoms with Gasteiger partial charge in [-0.05, 0) is 18.4 Å². The molecule has 0 aliphatic heterocycles. The molecule has 2 rings (SSSR count). The monoisotopic (exact) mass is 339 g/mol. The highest BCUT2D eigenvalue weighted by atomic mass is 16.5. The van der Waals surface area contributed by atoms with E-state index in [4.69, 9.17) is 9.47 Å². The molecule has 2 aromatic rings. The highest BCUT2D eigenvalue weighted by molar-refractivity contribution is 5.88. The third-order valence-electron chi connectivity index (χ3n) is 3.41. The van der Waals surface area contributed by atoms with E-state index in [1.54, 1.807) is 6.92 Å². The van der Waals surface area contributed by atoms with Crippen LogP contribution in [0.2, 0.25) is 0 Å². The van der Waals surface area contributed by atoms with Gasteiger partial charge in [-0.25, -0.2) is 0 Å². The second kappa shape index (κ2) is 9.99. The first-order valence-corrected chi connectivity index (χ1v) is 8.19. The minimum absolute atomic E-state index is 0.0806. The SMILES string of the molecule is CCOC(=O)CCC(=O)NCC#CCOc1cccc2ccccc12. The van der Waals surface area contributed by atoms with Crippen molar-refractivity contribution in [1.29, 1.82) is 0 Å². The molecule has 0 aliphatic rings. The maximum absolute atomic E-state index is 11.5. The first-order chi connectivity index (χ1) is 12.2. The zero-order valence-corrected chi connectivity index (χ0v) is 14.2. The highest BCUT2D eigenvalue weighted by Gasteiger charge is 2.06. The number of benzene rings is 2. The van der Waals surface area contributed by atoms with Crippen molar-refractivity contribution in [3.63, 3.8) is 0 Å². The van der Waals surface area contributed by atoms with Crippen molar-refractivity contribution in [3.05, 3.63) is 42.5 Å². The van der Waals surface area contributed by atoms with Gasteiger partial charge in [0.25, 0.3) is 0 Å². The molecular formula is C20H21NO4. The minimum atomic E-state index is -0.368. The predicted octanol–water partition coefficient (Wildman–Crippen LogP) is 2.68. The molecule has 0 radical (unpaired) electrons. The topological polar surface area (TPSA) is 64.6 Å². The average Bonchev–Trinajstić information content (AvgIpc) is 2.63. The van der Waals surface area contributed by atoms with E-state index >= 15 is 0 Å². The first-order valence-electron chi connectivity index (χ1n) is 8.19. The number of amides is 1. The molecule has 0 saturated carbocycles. The Morgan fingerprint density at radius 2 is 1.84 bits per heavy atom. The molecule has 2 aromatic carbocycles. The van der Waals surface area contributed by atoms with Crippen LogP contribution in [0.3, 0.4) is 0 Å². The number of rotatable bonds is 7. The molecule has 0 atom stereocenters. The third-order valence-corrected chi connectivity index (χ3v) is 3.41. The second-order valence-electron chi connectivity index (χ2n) is 5.20. The number of ether oxygens (including phenoxy) is 2. The summed E-state index contributed by atoms with van der Waals surface area (Å²) < 4.78 is 10.4. The maximum atomic E-state index is 11.5. The number of hydrogen-bond donors (Lipinski definition) is 1. The number of esters is 1. The van der Waals surface area contributed by atoms with Crippen molar-refractivity contribution in [2.24, 2.45) is 0 Å². The summed E-state index contributed by atoms with van der Waals surface area (Å²) in [5.41, 5.74) is 0. The highest BCUT2D eigenvalue weighted by Crippen LogP contribution is 2.24. The first kappa shape index (κ1) is 18.3. The zero-order chi connectivity index (χ0) is 17.9. The van der Waals surface area contributed by atoms with Crippen LogP contribution in [0.15, 0.2) is 42.5 Å². The summed E-state index contributed by atoms with van der Waals surface area (Å²) in [6.45, 7) is 2.52. The van der Waals surface area contributed by atoms with Crippen molar-refractivity contribution in [2.45, 2.75) is 19.8 Å². The fourth-order valence-corrected chi connectivity index (χ4v) is 2.23. The van der Waals surface area contributed by atoms with Gasteiger partial charge in [-0.1, -0.05) is 48.2 Å². The number of carbonyl (C=O) groups excluding carboxylic acids is 2. The van der Waals surface area contributed by atoms with Crippen LogP contribution in [0.25, 0.3) is 10.8 Å². The van der Waals surface area contributed by atoms with Gasteiger partial charge in [0.15, 0.2) is 0 Å². The van der Waals surface area contributed by atoms with Crippen LogP contribution in [-0.2, 0) is 14.3 Å². The molecule has 130 valence electrons. The summed E-state index contributed by atoms with van der Waals surface area (Å²) in [7, 11) is 0. The lowest BCUT2D eigenvalue weighted by Crippen LogP contribution is -2.24. The van der Waals surface area contributed by atoms with Gasteiger partial charge in [0.05, 0.1) is 19.6 Å². The van der Waals surface area contributed by atoms with E-state index < -0.39 is 0 Å². The lowest BCUT2D eigenvalue weighted by molar-refractivity contribution is -0.144. The Kier molecular flexibility index (Phi) is 7.33. The van der Waals surface area contributed by atoms with E-state index in [1.165, 1.54) is 0 Å². The van der Waals surface area contributed by atoms with E-state index in [2.05, 4.69) is 17.2 Å². The maximum Gasteiger partial charge on any atom is 0.306 e. The summed E-state index contributed by atoms with van der Waals surface area (Å²) in [6, 6.07) is 13.8. The Bertz CT molecular complexity index is 784. The zero-order valence-electron chi connectivity index (χ0n) is 14.2. The molecule has 0 heterocycles. The van der Waals surface area contributed by atoms with Crippen molar-refractivity contribution in [2.75, 3.05) is 19.8 Å². The average molecular weight is 339 g/mol. The molecule has 25 heavy (non-hydrogen) atoms. The quantitative estimate of drug-likeness (QED) is 0.622. The number of carbonyl (C=O) groups is 2. The number of fused-ring (bicyclic) bond motifs is 1. The molecule has 0 spiro atoms. The summed E-state index contributed by atoms with van der Waals surface area (Å²) in [4.78, 5) is 22.7. The standard InChI is InChI=1S/C20H21NO4/c1-2-24-20(23)13-12-19(22)21-14-5-6-15-25-18-11-7-9-16-8-3-4-10-17(16)18/h3-4,7-11H,2,12-15H2,1H3,(H,21,22). The number of hydrogen-bond acceptors (Lipinski definition) is 4. The van der Waals surface area contributed by atoms with Crippen molar-refractivity contribution in [1.82, 2.24) is 5.32 Å². The Labute approximate surface area is 147 Å². The molecule has 0 aromatic heterocycles. The molecule has 0 aliphatic carbocycles. The smallest absolute Gasteiger partial charge is 0.306 e. The van der Waals surface area contributed by atoms with Crippen LogP contribution >= 0.6 is 0 Å². The summed E-state index contributed by atoms with van der Waals surface area (Å²) in [6.07, 6.45) is 0.185. The Morgan fingerprint density at radius 1 is 1.04 bits per heavy atom. The van der Waals surface area contributed by atoms with Gasteiger partial charge < -0.3 is 14.8 Å². The van der Waals surface area contributed by atoms with Gasteiger partial charge in [-0.2, -0.15) is 0 Å². The lowest BCUT2D eigenvalue weighted by atomic mass is 10.1. The molecular weight excluding hydrogens is 318 g/mol. The van der Waals surface area contributed by atoms with E-state index in [0.717, 1.165) is 16.5 Å². The second-order valence-corrected chi connectivity index (χ2v) is 5.20. The van der Waals surface area contributed by atoms with Crippen LogP contribution in [0.5, 0.6) is 5.75 Å². The van der Waals surface area contributed by atoms with E-state index in [-0.39, 0.29) is 37.9 Å². The third kappa shape index (κ3) is 6.19. The van der Waals surface area contributed by atoms with Crippen LogP contribution < -0.4 is 10.1 Å². The molecule has 1 N–H and O–H groups in total. The molecule has 0 bridgehead atoms. The fourth-order valence-electron chi connectivity index (χ4n) is 2.23.